The van der Waals surface area contributed by atoms with E-state index in [2.05, 4.69) is 20.6 Å². The van der Waals surface area contributed by atoms with Gasteiger partial charge in [-0.1, -0.05) is 12.8 Å². The first-order chi connectivity index (χ1) is 17.2. The second kappa shape index (κ2) is 9.68. The van der Waals surface area contributed by atoms with Crippen molar-refractivity contribution in [3.63, 3.8) is 0 Å². The van der Waals surface area contributed by atoms with Crippen LogP contribution >= 0.6 is 0 Å². The van der Waals surface area contributed by atoms with Crippen molar-refractivity contribution in [3.05, 3.63) is 52.2 Å². The first-order valence-corrected chi connectivity index (χ1v) is 12.2. The monoisotopic (exact) mass is 504 g/mol. The molecule has 2 aliphatic rings. The third kappa shape index (κ3) is 5.02. The molecule has 0 radical (unpaired) electrons. The average molecular weight is 505 g/mol. The number of hydrogen-bond donors (Lipinski definition) is 2. The fourth-order valence-electron chi connectivity index (χ4n) is 5.17. The maximum atomic E-state index is 14.6. The van der Waals surface area contributed by atoms with E-state index in [1.54, 1.807) is 13.1 Å². The van der Waals surface area contributed by atoms with Crippen LogP contribution in [0.2, 0.25) is 0 Å². The number of aromatic nitrogens is 3. The molecule has 3 aromatic rings. The predicted molar refractivity (Wildman–Crippen MR) is 130 cm³/mol. The highest BCUT2D eigenvalue weighted by Crippen LogP contribution is 2.32. The van der Waals surface area contributed by atoms with Crippen LogP contribution in [-0.2, 0) is 0 Å². The van der Waals surface area contributed by atoms with Crippen molar-refractivity contribution in [2.24, 2.45) is 0 Å². The lowest BCUT2D eigenvalue weighted by molar-refractivity contribution is -0.125. The van der Waals surface area contributed by atoms with Crippen LogP contribution in [0.15, 0.2) is 35.3 Å². The van der Waals surface area contributed by atoms with Crippen LogP contribution in [0.5, 0.6) is 0 Å². The van der Waals surface area contributed by atoms with Gasteiger partial charge in [0.1, 0.15) is 5.65 Å². The van der Waals surface area contributed by atoms with E-state index in [0.717, 1.165) is 37.1 Å². The van der Waals surface area contributed by atoms with Gasteiger partial charge in [-0.25, -0.2) is 9.37 Å². The molecule has 7 nitrogen and oxygen atoms in total. The van der Waals surface area contributed by atoms with Crippen molar-refractivity contribution in [2.45, 2.75) is 57.3 Å². The van der Waals surface area contributed by atoms with Crippen LogP contribution < -0.4 is 21.1 Å². The Hall–Kier alpha value is -3.21. The Bertz CT molecular complexity index is 1300. The molecule has 2 N–H and O–H groups in total. The third-order valence-corrected chi connectivity index (χ3v) is 7.09. The Labute approximate surface area is 205 Å². The summed E-state index contributed by atoms with van der Waals surface area (Å²) >= 11 is 0. The summed E-state index contributed by atoms with van der Waals surface area (Å²) in [5.41, 5.74) is 1.66. The Morgan fingerprint density at radius 2 is 1.83 bits per heavy atom. The molecule has 0 bridgehead atoms. The number of anilines is 3. The van der Waals surface area contributed by atoms with Crippen LogP contribution in [0.3, 0.4) is 0 Å². The summed E-state index contributed by atoms with van der Waals surface area (Å²) in [4.78, 5) is 23.8. The number of benzene rings is 1. The molecule has 1 saturated carbocycles. The number of nitrogens with one attached hydrogen (secondary N) is 2. The van der Waals surface area contributed by atoms with Gasteiger partial charge >= 0.3 is 6.18 Å². The summed E-state index contributed by atoms with van der Waals surface area (Å²) < 4.78 is 53.5. The van der Waals surface area contributed by atoms with Crippen molar-refractivity contribution < 1.29 is 17.6 Å². The molecule has 0 spiro atoms. The SMILES string of the molecule is Cc1c(F)c(=O)n(C2CCCC2)c2nc(Nc3ccc(N4CCC(NCC(F)(F)F)C4)cc3)ncc12. The largest absolute Gasteiger partial charge is 0.401 e. The van der Waals surface area contributed by atoms with Gasteiger partial charge in [-0.05, 0) is 50.5 Å². The highest BCUT2D eigenvalue weighted by molar-refractivity contribution is 5.79. The highest BCUT2D eigenvalue weighted by Gasteiger charge is 2.30. The first kappa shape index (κ1) is 24.5. The minimum absolute atomic E-state index is 0.0768. The molecule has 1 aliphatic heterocycles. The van der Waals surface area contributed by atoms with E-state index in [0.29, 0.717) is 36.5 Å². The van der Waals surface area contributed by atoms with Crippen LogP contribution in [0.1, 0.15) is 43.7 Å². The Kier molecular flexibility index (Phi) is 6.59. The molecule has 1 atom stereocenters. The number of pyridine rings is 1. The Morgan fingerprint density at radius 1 is 1.11 bits per heavy atom. The van der Waals surface area contributed by atoms with E-state index in [9.17, 15) is 22.4 Å². The van der Waals surface area contributed by atoms with Gasteiger partial charge in [0, 0.05) is 53.7 Å². The lowest BCUT2D eigenvalue weighted by Crippen LogP contribution is -2.38. The summed E-state index contributed by atoms with van der Waals surface area (Å²) in [5, 5.41) is 6.23. The molecular weight excluding hydrogens is 476 g/mol. The number of aryl methyl sites for hydroxylation is 1. The molecule has 36 heavy (non-hydrogen) atoms. The number of halogens is 4. The fourth-order valence-corrected chi connectivity index (χ4v) is 5.17. The van der Waals surface area contributed by atoms with Crippen LogP contribution in [0.25, 0.3) is 11.0 Å². The topological polar surface area (TPSA) is 75.1 Å². The summed E-state index contributed by atoms with van der Waals surface area (Å²) in [7, 11) is 0. The maximum Gasteiger partial charge on any atom is 0.401 e. The van der Waals surface area contributed by atoms with E-state index in [-0.39, 0.29) is 17.6 Å². The van der Waals surface area contributed by atoms with E-state index >= 15 is 0 Å². The molecule has 3 heterocycles. The highest BCUT2D eigenvalue weighted by atomic mass is 19.4. The van der Waals surface area contributed by atoms with E-state index < -0.39 is 24.1 Å². The lowest BCUT2D eigenvalue weighted by atomic mass is 10.1. The number of rotatable bonds is 6. The number of nitrogens with zero attached hydrogens (tertiary/aromatic N) is 4. The molecule has 1 saturated heterocycles. The van der Waals surface area contributed by atoms with Gasteiger partial charge < -0.3 is 15.5 Å². The molecule has 1 aromatic carbocycles. The van der Waals surface area contributed by atoms with Crippen LogP contribution in [0, 0.1) is 12.7 Å². The van der Waals surface area contributed by atoms with Gasteiger partial charge in [-0.15, -0.1) is 0 Å². The number of alkyl halides is 3. The van der Waals surface area contributed by atoms with Gasteiger partial charge in [-0.3, -0.25) is 9.36 Å². The van der Waals surface area contributed by atoms with Crippen molar-refractivity contribution >= 4 is 28.4 Å². The zero-order valence-electron chi connectivity index (χ0n) is 19.9. The van der Waals surface area contributed by atoms with E-state index in [1.807, 2.05) is 29.2 Å². The zero-order valence-corrected chi connectivity index (χ0v) is 19.9. The second-order valence-corrected chi connectivity index (χ2v) is 9.58. The zero-order chi connectivity index (χ0) is 25.4. The van der Waals surface area contributed by atoms with Crippen molar-refractivity contribution in [2.75, 3.05) is 29.9 Å². The Morgan fingerprint density at radius 3 is 2.53 bits per heavy atom. The summed E-state index contributed by atoms with van der Waals surface area (Å²) in [6.07, 6.45) is 1.58. The van der Waals surface area contributed by atoms with Crippen molar-refractivity contribution in [1.82, 2.24) is 19.9 Å². The standard InChI is InChI=1S/C25H28F4N6O/c1-15-20-12-30-24(33-22(20)35(23(36)21(15)26)19-4-2-3-5-19)32-16-6-8-18(9-7-16)34-11-10-17(13-34)31-14-25(27,28)29/h6-9,12,17,19,31H,2-5,10-11,13-14H2,1H3,(H,30,32,33). The summed E-state index contributed by atoms with van der Waals surface area (Å²) in [6, 6.07) is 7.19. The average Bonchev–Trinajstić information content (AvgIpc) is 3.54. The predicted octanol–water partition coefficient (Wildman–Crippen LogP) is 4.83. The maximum absolute atomic E-state index is 14.6. The smallest absolute Gasteiger partial charge is 0.370 e. The molecule has 1 unspecified atom stereocenters. The first-order valence-electron chi connectivity index (χ1n) is 12.2. The summed E-state index contributed by atoms with van der Waals surface area (Å²) in [5.74, 6) is -0.461. The second-order valence-electron chi connectivity index (χ2n) is 9.58. The molecule has 192 valence electrons. The summed E-state index contributed by atoms with van der Waals surface area (Å²) in [6.45, 7) is 1.76. The lowest BCUT2D eigenvalue weighted by Gasteiger charge is -2.20. The molecule has 11 heteroatoms. The minimum atomic E-state index is -4.22. The van der Waals surface area contributed by atoms with Crippen molar-refractivity contribution in [1.29, 1.82) is 0 Å². The van der Waals surface area contributed by atoms with E-state index in [4.69, 9.17) is 0 Å². The van der Waals surface area contributed by atoms with Crippen LogP contribution in [0.4, 0.5) is 34.9 Å². The van der Waals surface area contributed by atoms with Gasteiger partial charge in [0.05, 0.1) is 6.54 Å². The minimum Gasteiger partial charge on any atom is -0.370 e. The van der Waals surface area contributed by atoms with Gasteiger partial charge in [0.15, 0.2) is 5.82 Å². The molecule has 5 rings (SSSR count). The van der Waals surface area contributed by atoms with E-state index in [1.165, 1.54) is 4.57 Å². The quantitative estimate of drug-likeness (QED) is 0.469. The third-order valence-electron chi connectivity index (χ3n) is 7.09. The normalized spacial score (nSPS) is 18.9. The number of hydrogen-bond acceptors (Lipinski definition) is 6. The fraction of sp³-hybridized carbons (Fsp3) is 0.480. The van der Waals surface area contributed by atoms with Gasteiger partial charge in [-0.2, -0.15) is 18.2 Å². The molecular formula is C25H28F4N6O. The van der Waals surface area contributed by atoms with Gasteiger partial charge in [0.2, 0.25) is 5.95 Å². The molecule has 2 fully saturated rings. The van der Waals surface area contributed by atoms with Crippen LogP contribution in [-0.4, -0.2) is 46.4 Å². The molecule has 0 amide bonds. The number of fused-ring (bicyclic) bond motifs is 1. The molecule has 1 aliphatic carbocycles. The van der Waals surface area contributed by atoms with Gasteiger partial charge in [0.25, 0.3) is 5.56 Å². The molecule has 2 aromatic heterocycles. The Balaban J connectivity index is 1.33. The van der Waals surface area contributed by atoms with Crippen molar-refractivity contribution in [3.8, 4) is 0 Å².